The van der Waals surface area contributed by atoms with Crippen molar-refractivity contribution in [2.24, 2.45) is 11.8 Å². The van der Waals surface area contributed by atoms with Crippen molar-refractivity contribution < 1.29 is 14.7 Å². The molecule has 1 fully saturated rings. The Morgan fingerprint density at radius 2 is 1.93 bits per heavy atom. The van der Waals surface area contributed by atoms with E-state index in [0.29, 0.717) is 24.5 Å². The summed E-state index contributed by atoms with van der Waals surface area (Å²) in [5.74, 6) is 0.972. The lowest BCUT2D eigenvalue weighted by molar-refractivity contribution is -0.121. The molecule has 5 heteroatoms. The molecule has 1 aliphatic carbocycles. The predicted octanol–water partition coefficient (Wildman–Crippen LogP) is 4.49. The van der Waals surface area contributed by atoms with Crippen molar-refractivity contribution in [3.63, 3.8) is 0 Å². The van der Waals surface area contributed by atoms with Crippen molar-refractivity contribution in [1.82, 2.24) is 10.2 Å². The molecule has 0 saturated heterocycles. The Labute approximate surface area is 184 Å². The number of rotatable bonds is 17. The summed E-state index contributed by atoms with van der Waals surface area (Å²) in [6, 6.07) is 0. The molecule has 0 bridgehead atoms. The molecule has 0 aromatic carbocycles. The first-order chi connectivity index (χ1) is 14.4. The second kappa shape index (κ2) is 16.5. The van der Waals surface area contributed by atoms with Crippen LogP contribution in [0.5, 0.6) is 0 Å². The number of hydrogen-bond acceptors (Lipinski definition) is 4. The van der Waals surface area contributed by atoms with E-state index >= 15 is 0 Å². The van der Waals surface area contributed by atoms with E-state index in [4.69, 9.17) is 0 Å². The molecular weight excluding hydrogens is 376 g/mol. The Hall–Kier alpha value is -1.20. The molecule has 1 saturated carbocycles. The number of nitrogens with zero attached hydrogens (tertiary/aromatic N) is 1. The molecule has 0 aromatic rings. The van der Waals surface area contributed by atoms with E-state index in [9.17, 15) is 14.7 Å². The highest BCUT2D eigenvalue weighted by Gasteiger charge is 2.32. The van der Waals surface area contributed by atoms with Crippen molar-refractivity contribution in [2.75, 3.05) is 27.2 Å². The third-order valence-electron chi connectivity index (χ3n) is 6.11. The number of allylic oxidation sites excluding steroid dienone is 1. The maximum Gasteiger partial charge on any atom is 0.219 e. The highest BCUT2D eigenvalue weighted by Crippen LogP contribution is 2.34. The second-order valence-electron chi connectivity index (χ2n) is 9.18. The van der Waals surface area contributed by atoms with Crippen molar-refractivity contribution in [2.45, 2.75) is 96.5 Å². The van der Waals surface area contributed by atoms with Gasteiger partial charge in [0.2, 0.25) is 5.91 Å². The highest BCUT2D eigenvalue weighted by molar-refractivity contribution is 5.83. The minimum Gasteiger partial charge on any atom is -0.389 e. The monoisotopic (exact) mass is 422 g/mol. The first-order valence-electron chi connectivity index (χ1n) is 12.2. The van der Waals surface area contributed by atoms with Crippen LogP contribution in [0.25, 0.3) is 0 Å². The zero-order chi connectivity index (χ0) is 22.2. The summed E-state index contributed by atoms with van der Waals surface area (Å²) >= 11 is 0. The number of amides is 1. The summed E-state index contributed by atoms with van der Waals surface area (Å²) in [5, 5.41) is 13.1. The molecule has 1 aliphatic rings. The number of carbonyl (C=O) groups excluding carboxylic acids is 2. The molecule has 0 aromatic heterocycles. The number of aliphatic hydroxyl groups excluding tert-OH is 1. The van der Waals surface area contributed by atoms with Gasteiger partial charge in [-0.05, 0) is 58.7 Å². The maximum atomic E-state index is 12.3. The van der Waals surface area contributed by atoms with Crippen LogP contribution < -0.4 is 5.32 Å². The van der Waals surface area contributed by atoms with Gasteiger partial charge in [0, 0.05) is 25.3 Å². The molecule has 0 aliphatic heterocycles. The predicted molar refractivity (Wildman–Crippen MR) is 124 cm³/mol. The van der Waals surface area contributed by atoms with Crippen molar-refractivity contribution >= 4 is 11.7 Å². The number of unbranched alkanes of at least 4 members (excludes halogenated alkanes) is 5. The number of carbonyl (C=O) groups is 2. The lowest BCUT2D eigenvalue weighted by Gasteiger charge is -2.15. The zero-order valence-corrected chi connectivity index (χ0v) is 19.7. The summed E-state index contributed by atoms with van der Waals surface area (Å²) in [4.78, 5) is 26.2. The number of ketones is 1. The highest BCUT2D eigenvalue weighted by atomic mass is 16.3. The van der Waals surface area contributed by atoms with Crippen LogP contribution in [-0.2, 0) is 9.59 Å². The minimum atomic E-state index is -0.373. The van der Waals surface area contributed by atoms with E-state index in [2.05, 4.69) is 23.2 Å². The molecule has 174 valence electrons. The van der Waals surface area contributed by atoms with Crippen LogP contribution in [0.15, 0.2) is 12.2 Å². The lowest BCUT2D eigenvalue weighted by atomic mass is 9.89. The molecule has 30 heavy (non-hydrogen) atoms. The van der Waals surface area contributed by atoms with E-state index in [-0.39, 0.29) is 17.9 Å². The van der Waals surface area contributed by atoms with E-state index in [1.807, 2.05) is 20.2 Å². The summed E-state index contributed by atoms with van der Waals surface area (Å²) in [7, 11) is 4.08. The van der Waals surface area contributed by atoms with E-state index in [1.54, 1.807) is 0 Å². The van der Waals surface area contributed by atoms with Crippen molar-refractivity contribution in [3.05, 3.63) is 12.2 Å². The SMILES string of the molecule is CCCCC[C@H](O)/C=C/[C@H]1CCC(=O)[C@@H]1CCCCCCC(=O)NCCCN(C)C. The van der Waals surface area contributed by atoms with Crippen LogP contribution in [0.2, 0.25) is 0 Å². The zero-order valence-electron chi connectivity index (χ0n) is 19.7. The molecule has 0 heterocycles. The third kappa shape index (κ3) is 12.5. The molecular formula is C25H46N2O3. The van der Waals surface area contributed by atoms with Gasteiger partial charge < -0.3 is 15.3 Å². The van der Waals surface area contributed by atoms with Gasteiger partial charge in [-0.15, -0.1) is 0 Å². The Balaban J connectivity index is 2.15. The topological polar surface area (TPSA) is 69.6 Å². The van der Waals surface area contributed by atoms with Crippen LogP contribution in [0.1, 0.15) is 90.4 Å². The van der Waals surface area contributed by atoms with E-state index in [0.717, 1.165) is 83.7 Å². The fraction of sp³-hybridized carbons (Fsp3) is 0.840. The number of Topliss-reactive ketones (excluding diaryl/α,β-unsaturated/α-hetero) is 1. The van der Waals surface area contributed by atoms with Gasteiger partial charge in [-0.3, -0.25) is 9.59 Å². The standard InChI is InChI=1S/C25H46N2O3/c1-4-5-8-12-22(28)17-15-21-16-18-24(29)23(21)13-9-6-7-10-14-25(30)26-19-11-20-27(2)3/h15,17,21-23,28H,4-14,16,18-20H2,1-3H3,(H,26,30)/b17-15+/t21-,22-,23+/m0/s1. The Bertz CT molecular complexity index is 505. The Morgan fingerprint density at radius 1 is 1.17 bits per heavy atom. The van der Waals surface area contributed by atoms with E-state index in [1.165, 1.54) is 0 Å². The first kappa shape index (κ1) is 26.8. The van der Waals surface area contributed by atoms with Gasteiger partial charge in [0.15, 0.2) is 0 Å². The van der Waals surface area contributed by atoms with Gasteiger partial charge in [-0.1, -0.05) is 57.6 Å². The molecule has 0 unspecified atom stereocenters. The fourth-order valence-electron chi connectivity index (χ4n) is 4.23. The summed E-state index contributed by atoms with van der Waals surface area (Å²) in [5.41, 5.74) is 0. The van der Waals surface area contributed by atoms with Crippen molar-refractivity contribution in [1.29, 1.82) is 0 Å². The summed E-state index contributed by atoms with van der Waals surface area (Å²) < 4.78 is 0. The van der Waals surface area contributed by atoms with Crippen LogP contribution in [0.4, 0.5) is 0 Å². The average Bonchev–Trinajstić information content (AvgIpc) is 3.06. The second-order valence-corrected chi connectivity index (χ2v) is 9.18. The van der Waals surface area contributed by atoms with Gasteiger partial charge in [0.1, 0.15) is 5.78 Å². The minimum absolute atomic E-state index is 0.129. The van der Waals surface area contributed by atoms with Crippen LogP contribution in [-0.4, -0.2) is 55.0 Å². The Morgan fingerprint density at radius 3 is 2.67 bits per heavy atom. The molecule has 2 N–H and O–H groups in total. The third-order valence-corrected chi connectivity index (χ3v) is 6.11. The van der Waals surface area contributed by atoms with Crippen LogP contribution >= 0.6 is 0 Å². The molecule has 1 rings (SSSR count). The molecule has 3 atom stereocenters. The molecule has 0 spiro atoms. The van der Waals surface area contributed by atoms with Crippen LogP contribution in [0.3, 0.4) is 0 Å². The molecule has 0 radical (unpaired) electrons. The largest absolute Gasteiger partial charge is 0.389 e. The van der Waals surface area contributed by atoms with Gasteiger partial charge in [0.25, 0.3) is 0 Å². The molecule has 1 amide bonds. The average molecular weight is 423 g/mol. The Kier molecular flexibility index (Phi) is 14.7. The van der Waals surface area contributed by atoms with Gasteiger partial charge in [-0.2, -0.15) is 0 Å². The number of nitrogens with one attached hydrogen (secondary N) is 1. The van der Waals surface area contributed by atoms with Gasteiger partial charge in [0.05, 0.1) is 6.10 Å². The summed E-state index contributed by atoms with van der Waals surface area (Å²) in [6.45, 7) is 3.91. The smallest absolute Gasteiger partial charge is 0.219 e. The number of aliphatic hydroxyl groups is 1. The summed E-state index contributed by atoms with van der Waals surface area (Å²) in [6.07, 6.45) is 16.1. The van der Waals surface area contributed by atoms with Crippen LogP contribution in [0, 0.1) is 11.8 Å². The van der Waals surface area contributed by atoms with Gasteiger partial charge in [-0.25, -0.2) is 0 Å². The number of hydrogen-bond donors (Lipinski definition) is 2. The van der Waals surface area contributed by atoms with E-state index < -0.39 is 0 Å². The maximum absolute atomic E-state index is 12.3. The van der Waals surface area contributed by atoms with Gasteiger partial charge >= 0.3 is 0 Å². The normalized spacial score (nSPS) is 20.4. The lowest BCUT2D eigenvalue weighted by Crippen LogP contribution is -2.26. The van der Waals surface area contributed by atoms with Crippen molar-refractivity contribution in [3.8, 4) is 0 Å². The fourth-order valence-corrected chi connectivity index (χ4v) is 4.23. The molecule has 5 nitrogen and oxygen atoms in total. The quantitative estimate of drug-likeness (QED) is 0.268. The first-order valence-corrected chi connectivity index (χ1v) is 12.2.